The number of carbonyl (C=O) groups is 7. The number of hydrogen-bond donors (Lipinski definition) is 6. The van der Waals surface area contributed by atoms with Gasteiger partial charge in [0, 0.05) is 20.1 Å². The van der Waals surface area contributed by atoms with E-state index in [1.165, 1.54) is 11.9 Å². The van der Waals surface area contributed by atoms with E-state index in [1.54, 1.807) is 32.8 Å². The van der Waals surface area contributed by atoms with Crippen molar-refractivity contribution in [3.8, 4) is 0 Å². The minimum atomic E-state index is -1.09. The Bertz CT molecular complexity index is 1230. The largest absolute Gasteiger partial charge is 0.460 e. The molecule has 1 aliphatic carbocycles. The molecule has 0 aromatic heterocycles. The van der Waals surface area contributed by atoms with Gasteiger partial charge in [-0.25, -0.2) is 0 Å². The highest BCUT2D eigenvalue weighted by Gasteiger charge is 2.38. The van der Waals surface area contributed by atoms with Gasteiger partial charge in [-0.05, 0) is 58.0 Å². The average molecular weight is 767 g/mol. The van der Waals surface area contributed by atoms with Crippen molar-refractivity contribution in [1.82, 2.24) is 31.1 Å². The Labute approximate surface area is 322 Å². The smallest absolute Gasteiger partial charge is 0.325 e. The van der Waals surface area contributed by atoms with Gasteiger partial charge in [0.1, 0.15) is 30.8 Å². The zero-order valence-corrected chi connectivity index (χ0v) is 34.0. The molecule has 6 atom stereocenters. The topological polar surface area (TPSA) is 235 Å². The number of carbonyl (C=O) groups excluding carboxylic acids is 7. The van der Waals surface area contributed by atoms with Crippen molar-refractivity contribution in [3.63, 3.8) is 0 Å². The third kappa shape index (κ3) is 17.6. The van der Waals surface area contributed by atoms with E-state index in [0.29, 0.717) is 32.1 Å². The van der Waals surface area contributed by atoms with Crippen LogP contribution in [-0.4, -0.2) is 123 Å². The minimum Gasteiger partial charge on any atom is -0.460 e. The van der Waals surface area contributed by atoms with Crippen molar-refractivity contribution < 1.29 is 38.3 Å². The lowest BCUT2D eigenvalue weighted by atomic mass is 9.83. The molecule has 0 bridgehead atoms. The van der Waals surface area contributed by atoms with Crippen LogP contribution in [0.5, 0.6) is 0 Å². The second-order valence-electron chi connectivity index (χ2n) is 15.5. The van der Waals surface area contributed by atoms with Gasteiger partial charge in [0.25, 0.3) is 0 Å². The molecular formula is C38H70N8O8. The molecule has 54 heavy (non-hydrogen) atoms. The van der Waals surface area contributed by atoms with E-state index in [2.05, 4.69) is 28.2 Å². The van der Waals surface area contributed by atoms with E-state index in [0.717, 1.165) is 38.5 Å². The molecule has 0 saturated heterocycles. The molecule has 6 amide bonds. The summed E-state index contributed by atoms with van der Waals surface area (Å²) >= 11 is 0. The number of nitrogens with two attached hydrogens (primary N) is 2. The molecule has 0 aliphatic heterocycles. The van der Waals surface area contributed by atoms with Crippen molar-refractivity contribution in [2.24, 2.45) is 35.1 Å². The first-order valence-electron chi connectivity index (χ1n) is 19.7. The van der Waals surface area contributed by atoms with Crippen LogP contribution in [0.15, 0.2) is 0 Å². The molecule has 0 aromatic carbocycles. The Kier molecular flexibility index (Phi) is 22.6. The highest BCUT2D eigenvalue weighted by Crippen LogP contribution is 2.28. The van der Waals surface area contributed by atoms with Crippen LogP contribution in [0.2, 0.25) is 0 Å². The van der Waals surface area contributed by atoms with Crippen LogP contribution in [-0.2, 0) is 38.3 Å². The first-order chi connectivity index (χ1) is 25.4. The number of hydrogen-bond acceptors (Lipinski definition) is 10. The zero-order valence-electron chi connectivity index (χ0n) is 34.0. The summed E-state index contributed by atoms with van der Waals surface area (Å²) in [4.78, 5) is 94.3. The van der Waals surface area contributed by atoms with E-state index in [-0.39, 0.29) is 37.4 Å². The van der Waals surface area contributed by atoms with Crippen LogP contribution in [0.3, 0.4) is 0 Å². The summed E-state index contributed by atoms with van der Waals surface area (Å²) < 4.78 is 5.82. The number of nitrogens with zero attached hydrogens (tertiary/aromatic N) is 2. The highest BCUT2D eigenvalue weighted by atomic mass is 16.5. The van der Waals surface area contributed by atoms with Gasteiger partial charge in [-0.3, -0.25) is 33.6 Å². The van der Waals surface area contributed by atoms with Gasteiger partial charge in [0.15, 0.2) is 0 Å². The lowest BCUT2D eigenvalue weighted by Gasteiger charge is -2.36. The Morgan fingerprint density at radius 2 is 1.48 bits per heavy atom. The number of nitrogens with one attached hydrogen (secondary N) is 4. The van der Waals surface area contributed by atoms with Crippen LogP contribution < -0.4 is 32.7 Å². The van der Waals surface area contributed by atoms with Crippen molar-refractivity contribution >= 4 is 41.4 Å². The highest BCUT2D eigenvalue weighted by molar-refractivity contribution is 5.94. The number of likely N-dealkylation sites (N-methyl/N-ethyl adjacent to an activating group) is 2. The SMILES string of the molecule is CCCCCC[C@@H](OC(=O)CNC(=O)[C@@H](C)CNC(=O)CN(C)C)[C@@H](C)C(=O)N(C)[C@@H](CC(C)C)C(=O)N[C@H](C(=O)N[C@@H](CN)C(N)=O)C1CCCCC1. The summed E-state index contributed by atoms with van der Waals surface area (Å²) in [6, 6.07) is -3.00. The molecule has 1 fully saturated rings. The second-order valence-corrected chi connectivity index (χ2v) is 15.5. The number of ether oxygens (including phenoxy) is 1. The average Bonchev–Trinajstić information content (AvgIpc) is 3.12. The second kappa shape index (κ2) is 25.3. The van der Waals surface area contributed by atoms with Gasteiger partial charge in [0.05, 0.1) is 18.4 Å². The van der Waals surface area contributed by atoms with Crippen molar-refractivity contribution in [2.75, 3.05) is 47.3 Å². The Hall–Kier alpha value is -3.79. The van der Waals surface area contributed by atoms with E-state index in [9.17, 15) is 33.6 Å². The number of esters is 1. The molecule has 0 heterocycles. The summed E-state index contributed by atoms with van der Waals surface area (Å²) in [6.45, 7) is 8.90. The lowest BCUT2D eigenvalue weighted by molar-refractivity contribution is -0.158. The summed E-state index contributed by atoms with van der Waals surface area (Å²) in [5.74, 6) is -5.22. The number of amides is 6. The maximum atomic E-state index is 14.1. The fourth-order valence-electron chi connectivity index (χ4n) is 6.57. The number of unbranched alkanes of at least 4 members (excludes halogenated alkanes) is 3. The quantitative estimate of drug-likeness (QED) is 0.0565. The summed E-state index contributed by atoms with van der Waals surface area (Å²) in [6.07, 6.45) is 7.63. The Balaban J connectivity index is 3.14. The van der Waals surface area contributed by atoms with Crippen LogP contribution in [0.4, 0.5) is 0 Å². The molecule has 16 heteroatoms. The predicted octanol–water partition coefficient (Wildman–Crippen LogP) is 0.802. The van der Waals surface area contributed by atoms with Gasteiger partial charge in [0.2, 0.25) is 35.4 Å². The van der Waals surface area contributed by atoms with Gasteiger partial charge < -0.3 is 47.3 Å². The van der Waals surface area contributed by atoms with Gasteiger partial charge in [-0.1, -0.05) is 73.1 Å². The molecule has 0 spiro atoms. The van der Waals surface area contributed by atoms with Crippen LogP contribution in [0, 0.1) is 23.7 Å². The van der Waals surface area contributed by atoms with Crippen molar-refractivity contribution in [1.29, 1.82) is 0 Å². The van der Waals surface area contributed by atoms with Gasteiger partial charge in [-0.2, -0.15) is 0 Å². The van der Waals surface area contributed by atoms with Crippen LogP contribution in [0.1, 0.15) is 105 Å². The van der Waals surface area contributed by atoms with Gasteiger partial charge in [-0.15, -0.1) is 0 Å². The molecule has 310 valence electrons. The molecular weight excluding hydrogens is 696 g/mol. The molecule has 0 aromatic rings. The summed E-state index contributed by atoms with van der Waals surface area (Å²) in [7, 11) is 5.06. The number of primary amides is 1. The monoisotopic (exact) mass is 767 g/mol. The zero-order chi connectivity index (χ0) is 41.0. The third-order valence-corrected chi connectivity index (χ3v) is 9.90. The maximum absolute atomic E-state index is 14.1. The van der Waals surface area contributed by atoms with E-state index in [4.69, 9.17) is 16.2 Å². The first-order valence-corrected chi connectivity index (χ1v) is 19.7. The normalized spacial score (nSPS) is 16.6. The fraction of sp³-hybridized carbons (Fsp3) is 0.816. The summed E-state index contributed by atoms with van der Waals surface area (Å²) in [5, 5.41) is 10.8. The minimum absolute atomic E-state index is 0.000258. The van der Waals surface area contributed by atoms with Gasteiger partial charge >= 0.3 is 5.97 Å². The fourth-order valence-corrected chi connectivity index (χ4v) is 6.57. The standard InChI is InChI=1S/C38H70N8O8/c1-9-10-11-15-18-30(54-32(48)22-42-35(50)25(4)21-41-31(47)23-45(6)7)26(5)38(53)46(8)29(19-24(2)3)36(51)44-33(27-16-13-12-14-17-27)37(52)43-28(20-39)34(40)49/h24-30,33H,9-23,39H2,1-8H3,(H2,40,49)(H,41,47)(H,42,50)(H,43,52)(H,44,51)/t25-,26+,28-,29-,30+,33-/m0/s1. The molecule has 0 radical (unpaired) electrons. The molecule has 1 saturated carbocycles. The first kappa shape index (κ1) is 48.2. The Morgan fingerprint density at radius 1 is 0.833 bits per heavy atom. The lowest BCUT2D eigenvalue weighted by Crippen LogP contribution is -2.60. The number of rotatable bonds is 25. The molecule has 8 N–H and O–H groups in total. The maximum Gasteiger partial charge on any atom is 0.325 e. The molecule has 1 aliphatic rings. The van der Waals surface area contributed by atoms with Crippen LogP contribution in [0.25, 0.3) is 0 Å². The van der Waals surface area contributed by atoms with Crippen molar-refractivity contribution in [2.45, 2.75) is 129 Å². The predicted molar refractivity (Wildman–Crippen MR) is 206 cm³/mol. The molecule has 1 rings (SSSR count). The molecule has 16 nitrogen and oxygen atoms in total. The van der Waals surface area contributed by atoms with Crippen LogP contribution >= 0.6 is 0 Å². The molecule has 0 unspecified atom stereocenters. The van der Waals surface area contributed by atoms with E-state index in [1.807, 2.05) is 13.8 Å². The third-order valence-electron chi connectivity index (χ3n) is 9.90. The van der Waals surface area contributed by atoms with Crippen molar-refractivity contribution in [3.05, 3.63) is 0 Å². The van der Waals surface area contributed by atoms with E-state index < -0.39 is 78.1 Å². The van der Waals surface area contributed by atoms with E-state index >= 15 is 0 Å². The summed E-state index contributed by atoms with van der Waals surface area (Å²) in [5.41, 5.74) is 11.1. The Morgan fingerprint density at radius 3 is 2.04 bits per heavy atom.